The number of pyridine rings is 1. The number of ether oxygens (including phenoxy) is 2. The molecule has 9 rings (SSSR count). The molecular weight excluding hydrogens is 568 g/mol. The maximum atomic E-state index is 13.6. The summed E-state index contributed by atoms with van der Waals surface area (Å²) < 4.78 is 10.8. The molecule has 8 nitrogen and oxygen atoms in total. The highest BCUT2D eigenvalue weighted by Gasteiger charge is 2.67. The highest BCUT2D eigenvalue weighted by molar-refractivity contribution is 6.22. The molecule has 224 valence electrons. The van der Waals surface area contributed by atoms with Gasteiger partial charge < -0.3 is 9.47 Å². The monoisotopic (exact) mass is 598 g/mol. The van der Waals surface area contributed by atoms with Crippen LogP contribution in [0.1, 0.15) is 34.1 Å². The van der Waals surface area contributed by atoms with Crippen molar-refractivity contribution >= 4 is 40.2 Å². The van der Waals surface area contributed by atoms with Gasteiger partial charge in [0.1, 0.15) is 5.75 Å². The summed E-state index contributed by atoms with van der Waals surface area (Å²) in [5.41, 5.74) is 3.06. The number of amides is 2. The van der Waals surface area contributed by atoms with E-state index in [1.807, 2.05) is 30.3 Å². The molecule has 3 aromatic carbocycles. The Morgan fingerprint density at radius 1 is 0.867 bits per heavy atom. The van der Waals surface area contributed by atoms with Gasteiger partial charge in [-0.25, -0.2) is 9.78 Å². The van der Waals surface area contributed by atoms with Gasteiger partial charge in [0.2, 0.25) is 17.6 Å². The number of aromatic nitrogens is 1. The van der Waals surface area contributed by atoms with Crippen molar-refractivity contribution in [1.82, 2.24) is 4.98 Å². The van der Waals surface area contributed by atoms with Crippen molar-refractivity contribution in [3.05, 3.63) is 102 Å². The Labute approximate surface area is 259 Å². The van der Waals surface area contributed by atoms with Gasteiger partial charge in [-0.1, -0.05) is 42.5 Å². The van der Waals surface area contributed by atoms with E-state index in [4.69, 9.17) is 14.5 Å². The SMILES string of the molecule is COc1ccc(C(=O)C(C)OC(=O)c2cc(-c3ccc(N4C(=O)C5C6C=CC(C7CC67)C5C4=O)cc3)nc3ccccc23)cc1. The van der Waals surface area contributed by atoms with Gasteiger partial charge in [-0.05, 0) is 85.5 Å². The zero-order valence-electron chi connectivity index (χ0n) is 24.8. The summed E-state index contributed by atoms with van der Waals surface area (Å²) >= 11 is 0. The number of ketones is 1. The molecule has 0 spiro atoms. The van der Waals surface area contributed by atoms with Gasteiger partial charge in [-0.3, -0.25) is 19.3 Å². The lowest BCUT2D eigenvalue weighted by Gasteiger charge is -2.37. The standard InChI is InChI=1S/C37H30N2O6/c1-19(34(40)21-9-13-23(44-2)14-10-21)45-37(43)29-18-31(38-30-6-4-3-5-24(29)30)20-7-11-22(12-8-20)39-35(41)32-25-15-16-26(28-17-27(25)28)33(32)36(39)42/h3-16,18-19,25-28,32-33H,17H2,1-2H3. The van der Waals surface area contributed by atoms with E-state index in [1.54, 1.807) is 62.6 Å². The zero-order chi connectivity index (χ0) is 31.0. The van der Waals surface area contributed by atoms with Gasteiger partial charge in [0.05, 0.1) is 41.4 Å². The highest BCUT2D eigenvalue weighted by atomic mass is 16.5. The number of methoxy groups -OCH3 is 1. The van der Waals surface area contributed by atoms with Crippen LogP contribution < -0.4 is 9.64 Å². The van der Waals surface area contributed by atoms with Crippen LogP contribution in [0.15, 0.2) is 91.0 Å². The summed E-state index contributed by atoms with van der Waals surface area (Å²) in [6, 6.07) is 22.7. The molecule has 8 heteroatoms. The molecule has 1 aromatic heterocycles. The fourth-order valence-electron chi connectivity index (χ4n) is 7.75. The molecule has 2 bridgehead atoms. The number of nitrogens with zero attached hydrogens (tertiary/aromatic N) is 2. The van der Waals surface area contributed by atoms with Crippen LogP contribution in [0.5, 0.6) is 5.75 Å². The molecule has 2 amide bonds. The van der Waals surface area contributed by atoms with E-state index in [1.165, 1.54) is 4.90 Å². The van der Waals surface area contributed by atoms with Crippen LogP contribution >= 0.6 is 0 Å². The van der Waals surface area contributed by atoms with Crippen LogP contribution in [0.3, 0.4) is 0 Å². The first-order chi connectivity index (χ1) is 21.8. The number of allylic oxidation sites excluding steroid dienone is 2. The minimum absolute atomic E-state index is 0.102. The lowest BCUT2D eigenvalue weighted by molar-refractivity contribution is -0.124. The first kappa shape index (κ1) is 27.4. The molecule has 0 radical (unpaired) electrons. The summed E-state index contributed by atoms with van der Waals surface area (Å²) in [6.07, 6.45) is 4.44. The second-order valence-electron chi connectivity index (χ2n) is 12.4. The van der Waals surface area contributed by atoms with Gasteiger partial charge in [0, 0.05) is 16.5 Å². The summed E-state index contributed by atoms with van der Waals surface area (Å²) in [7, 11) is 1.55. The molecule has 0 N–H and O–H groups in total. The lowest BCUT2D eigenvalue weighted by atomic mass is 9.63. The molecule has 45 heavy (non-hydrogen) atoms. The first-order valence-corrected chi connectivity index (χ1v) is 15.3. The number of carbonyl (C=O) groups excluding carboxylic acids is 4. The van der Waals surface area contributed by atoms with Crippen LogP contribution in [0.2, 0.25) is 0 Å². The van der Waals surface area contributed by atoms with E-state index in [0.717, 1.165) is 6.42 Å². The van der Waals surface area contributed by atoms with Crippen molar-refractivity contribution < 1.29 is 28.7 Å². The third-order valence-electron chi connectivity index (χ3n) is 10.0. The Balaban J connectivity index is 1.06. The second-order valence-corrected chi connectivity index (χ2v) is 12.4. The zero-order valence-corrected chi connectivity index (χ0v) is 24.8. The van der Waals surface area contributed by atoms with Crippen molar-refractivity contribution in [3.63, 3.8) is 0 Å². The number of esters is 1. The quantitative estimate of drug-likeness (QED) is 0.113. The van der Waals surface area contributed by atoms with Gasteiger partial charge in [-0.2, -0.15) is 0 Å². The molecule has 5 aliphatic rings. The number of anilines is 1. The van der Waals surface area contributed by atoms with Crippen LogP contribution in [-0.2, 0) is 14.3 Å². The fraction of sp³-hybridized carbons (Fsp3) is 0.270. The van der Waals surface area contributed by atoms with Crippen LogP contribution in [-0.4, -0.2) is 41.8 Å². The topological polar surface area (TPSA) is 103 Å². The third kappa shape index (κ3) is 4.30. The molecule has 1 aliphatic heterocycles. The first-order valence-electron chi connectivity index (χ1n) is 15.3. The lowest BCUT2D eigenvalue weighted by Crippen LogP contribution is -2.40. The molecular formula is C37H30N2O6. The Hall–Kier alpha value is -5.11. The Morgan fingerprint density at radius 3 is 2.16 bits per heavy atom. The summed E-state index contributed by atoms with van der Waals surface area (Å²) in [4.78, 5) is 59.8. The number of Topliss-reactive ketones (excluding diaryl/α,β-unsaturated/α-hetero) is 1. The molecule has 4 aromatic rings. The van der Waals surface area contributed by atoms with E-state index in [2.05, 4.69) is 12.2 Å². The van der Waals surface area contributed by atoms with Crippen molar-refractivity contribution in [2.75, 3.05) is 12.0 Å². The fourth-order valence-corrected chi connectivity index (χ4v) is 7.75. The van der Waals surface area contributed by atoms with E-state index in [0.29, 0.717) is 51.0 Å². The summed E-state index contributed by atoms with van der Waals surface area (Å²) in [6.45, 7) is 1.55. The summed E-state index contributed by atoms with van der Waals surface area (Å²) in [5, 5.41) is 0.601. The van der Waals surface area contributed by atoms with Gasteiger partial charge >= 0.3 is 5.97 Å². The summed E-state index contributed by atoms with van der Waals surface area (Å²) in [5.74, 6) is 0.356. The van der Waals surface area contributed by atoms with Gasteiger partial charge in [0.15, 0.2) is 6.10 Å². The van der Waals surface area contributed by atoms with E-state index < -0.39 is 12.1 Å². The average Bonchev–Trinajstić information content (AvgIpc) is 3.86. The maximum absolute atomic E-state index is 13.6. The molecule has 7 atom stereocenters. The Morgan fingerprint density at radius 2 is 1.51 bits per heavy atom. The molecule has 2 heterocycles. The van der Waals surface area contributed by atoms with E-state index >= 15 is 0 Å². The van der Waals surface area contributed by atoms with E-state index in [9.17, 15) is 19.2 Å². The predicted molar refractivity (Wildman–Crippen MR) is 167 cm³/mol. The molecule has 1 saturated heterocycles. The number of benzene rings is 3. The predicted octanol–water partition coefficient (Wildman–Crippen LogP) is 5.90. The number of hydrogen-bond acceptors (Lipinski definition) is 7. The molecule has 4 aliphatic carbocycles. The normalized spacial score (nSPS) is 26.4. The molecule has 2 saturated carbocycles. The minimum Gasteiger partial charge on any atom is -0.497 e. The number of para-hydroxylation sites is 1. The molecule has 3 fully saturated rings. The molecule has 7 unspecified atom stereocenters. The highest BCUT2D eigenvalue weighted by Crippen LogP contribution is 2.65. The number of hydrogen-bond donors (Lipinski definition) is 0. The van der Waals surface area contributed by atoms with Crippen LogP contribution in [0, 0.1) is 35.5 Å². The average molecular weight is 599 g/mol. The van der Waals surface area contributed by atoms with Crippen molar-refractivity contribution in [1.29, 1.82) is 0 Å². The van der Waals surface area contributed by atoms with E-state index in [-0.39, 0.29) is 46.8 Å². The van der Waals surface area contributed by atoms with Gasteiger partial charge in [-0.15, -0.1) is 0 Å². The number of rotatable bonds is 7. The number of fused-ring (bicyclic) bond motifs is 1. The van der Waals surface area contributed by atoms with Crippen molar-refractivity contribution in [2.24, 2.45) is 35.5 Å². The smallest absolute Gasteiger partial charge is 0.339 e. The van der Waals surface area contributed by atoms with Crippen LogP contribution in [0.4, 0.5) is 5.69 Å². The second kappa shape index (κ2) is 10.2. The minimum atomic E-state index is -1.02. The van der Waals surface area contributed by atoms with Crippen molar-refractivity contribution in [3.8, 4) is 17.0 Å². The van der Waals surface area contributed by atoms with Crippen LogP contribution in [0.25, 0.3) is 22.2 Å². The Kier molecular flexibility index (Phi) is 6.24. The van der Waals surface area contributed by atoms with Crippen molar-refractivity contribution in [2.45, 2.75) is 19.4 Å². The maximum Gasteiger partial charge on any atom is 0.339 e. The Bertz CT molecular complexity index is 1900. The van der Waals surface area contributed by atoms with Gasteiger partial charge in [0.25, 0.3) is 0 Å². The third-order valence-corrected chi connectivity index (χ3v) is 10.0. The number of carbonyl (C=O) groups is 4. The number of imide groups is 1. The largest absolute Gasteiger partial charge is 0.497 e.